The molecular weight excluding hydrogens is 228 g/mol. The Kier molecular flexibility index (Phi) is 2.75. The molecule has 1 rings (SSSR count). The third-order valence-electron chi connectivity index (χ3n) is 1.49. The van der Waals surface area contributed by atoms with E-state index in [2.05, 4.69) is 9.28 Å². The maximum absolute atomic E-state index is 10.4. The molecule has 15 heavy (non-hydrogen) atoms. The van der Waals surface area contributed by atoms with Gasteiger partial charge in [0.1, 0.15) is 11.9 Å². The summed E-state index contributed by atoms with van der Waals surface area (Å²) in [6.45, 7) is 1.33. The SMILES string of the molecule is CC(O)n1nc(OS(=O)(=O)O)c(N)c1N. The number of hydrogen-bond acceptors (Lipinski definition) is 7. The molecule has 0 bridgehead atoms. The third-order valence-corrected chi connectivity index (χ3v) is 1.86. The first-order valence-electron chi connectivity index (χ1n) is 3.71. The molecule has 0 aliphatic rings. The highest BCUT2D eigenvalue weighted by Gasteiger charge is 2.20. The number of nitrogens with two attached hydrogens (primary N) is 2. The molecule has 0 aromatic carbocycles. The van der Waals surface area contributed by atoms with Crippen molar-refractivity contribution in [2.24, 2.45) is 0 Å². The fourth-order valence-electron chi connectivity index (χ4n) is 0.885. The summed E-state index contributed by atoms with van der Waals surface area (Å²) in [5, 5.41) is 12.6. The molecule has 0 aliphatic carbocycles. The van der Waals surface area contributed by atoms with Crippen LogP contribution >= 0.6 is 0 Å². The summed E-state index contributed by atoms with van der Waals surface area (Å²) in [4.78, 5) is 0. The first-order valence-corrected chi connectivity index (χ1v) is 5.07. The van der Waals surface area contributed by atoms with Crippen LogP contribution in [0.4, 0.5) is 11.5 Å². The van der Waals surface area contributed by atoms with E-state index in [9.17, 15) is 8.42 Å². The molecule has 0 saturated heterocycles. The van der Waals surface area contributed by atoms with E-state index in [-0.39, 0.29) is 11.5 Å². The van der Waals surface area contributed by atoms with Crippen molar-refractivity contribution >= 4 is 21.9 Å². The van der Waals surface area contributed by atoms with Crippen LogP contribution in [0.2, 0.25) is 0 Å². The van der Waals surface area contributed by atoms with Crippen molar-refractivity contribution in [3.63, 3.8) is 0 Å². The summed E-state index contributed by atoms with van der Waals surface area (Å²) in [7, 11) is -4.72. The monoisotopic (exact) mass is 238 g/mol. The van der Waals surface area contributed by atoms with E-state index in [1.807, 2.05) is 0 Å². The first-order chi connectivity index (χ1) is 6.72. The minimum atomic E-state index is -4.72. The summed E-state index contributed by atoms with van der Waals surface area (Å²) >= 11 is 0. The molecule has 0 aliphatic heterocycles. The van der Waals surface area contributed by atoms with Gasteiger partial charge in [0.15, 0.2) is 5.82 Å². The van der Waals surface area contributed by atoms with Gasteiger partial charge in [-0.2, -0.15) is 8.42 Å². The van der Waals surface area contributed by atoms with Crippen LogP contribution in [-0.2, 0) is 10.4 Å². The van der Waals surface area contributed by atoms with E-state index in [0.29, 0.717) is 0 Å². The predicted octanol–water partition coefficient (Wildman–Crippen LogP) is -1.26. The van der Waals surface area contributed by atoms with Crippen molar-refractivity contribution in [2.45, 2.75) is 13.2 Å². The van der Waals surface area contributed by atoms with Gasteiger partial charge in [-0.1, -0.05) is 0 Å². The number of hydrogen-bond donors (Lipinski definition) is 4. The van der Waals surface area contributed by atoms with Crippen LogP contribution in [0, 0.1) is 0 Å². The Hall–Kier alpha value is -1.52. The lowest BCUT2D eigenvalue weighted by molar-refractivity contribution is 0.112. The lowest BCUT2D eigenvalue weighted by Crippen LogP contribution is -2.10. The van der Waals surface area contributed by atoms with Gasteiger partial charge in [0.2, 0.25) is 0 Å². The smallest absolute Gasteiger partial charge is 0.391 e. The van der Waals surface area contributed by atoms with Crippen molar-refractivity contribution in [1.82, 2.24) is 9.78 Å². The number of aliphatic hydroxyl groups is 1. The van der Waals surface area contributed by atoms with Crippen molar-refractivity contribution in [2.75, 3.05) is 11.5 Å². The zero-order valence-corrected chi connectivity index (χ0v) is 8.47. The molecule has 1 aromatic rings. The normalized spacial score (nSPS) is 13.8. The quantitative estimate of drug-likeness (QED) is 0.476. The molecule has 9 nitrogen and oxygen atoms in total. The van der Waals surface area contributed by atoms with Gasteiger partial charge < -0.3 is 20.8 Å². The van der Waals surface area contributed by atoms with E-state index in [1.165, 1.54) is 6.92 Å². The third kappa shape index (κ3) is 2.49. The molecule has 1 atom stereocenters. The van der Waals surface area contributed by atoms with Crippen molar-refractivity contribution in [3.05, 3.63) is 0 Å². The Balaban J connectivity index is 3.17. The summed E-state index contributed by atoms with van der Waals surface area (Å²) in [5.74, 6) is -0.750. The van der Waals surface area contributed by atoms with Gasteiger partial charge in [-0.3, -0.25) is 4.55 Å². The molecule has 1 heterocycles. The topological polar surface area (TPSA) is 154 Å². The molecule has 10 heteroatoms. The van der Waals surface area contributed by atoms with Crippen LogP contribution in [0.3, 0.4) is 0 Å². The molecule has 6 N–H and O–H groups in total. The number of aliphatic hydroxyl groups excluding tert-OH is 1. The summed E-state index contributed by atoms with van der Waals surface area (Å²) < 4.78 is 34.0. The van der Waals surface area contributed by atoms with Crippen LogP contribution in [0.5, 0.6) is 5.88 Å². The lowest BCUT2D eigenvalue weighted by Gasteiger charge is -2.04. The summed E-state index contributed by atoms with van der Waals surface area (Å²) in [6, 6.07) is 0. The van der Waals surface area contributed by atoms with E-state index < -0.39 is 22.5 Å². The predicted molar refractivity (Wildman–Crippen MR) is 50.2 cm³/mol. The average molecular weight is 238 g/mol. The van der Waals surface area contributed by atoms with E-state index in [0.717, 1.165) is 4.68 Å². The molecule has 86 valence electrons. The molecule has 0 radical (unpaired) electrons. The highest BCUT2D eigenvalue weighted by Crippen LogP contribution is 2.28. The minimum absolute atomic E-state index is 0.163. The largest absolute Gasteiger partial charge is 0.448 e. The van der Waals surface area contributed by atoms with Gasteiger partial charge in [0, 0.05) is 0 Å². The zero-order chi connectivity index (χ0) is 11.8. The standard InChI is InChI=1S/C5H10N4O5S/c1-2(10)9-4(7)3(6)5(8-9)14-15(11,12)13/h2,10H,6-7H2,1H3,(H,11,12,13). The number of nitrogen functional groups attached to an aromatic ring is 2. The zero-order valence-electron chi connectivity index (χ0n) is 7.65. The van der Waals surface area contributed by atoms with E-state index in [1.54, 1.807) is 0 Å². The second-order valence-corrected chi connectivity index (χ2v) is 3.71. The van der Waals surface area contributed by atoms with Gasteiger partial charge in [0.25, 0.3) is 5.88 Å². The molecule has 1 unspecified atom stereocenters. The van der Waals surface area contributed by atoms with Crippen LogP contribution < -0.4 is 15.7 Å². The van der Waals surface area contributed by atoms with Gasteiger partial charge in [-0.05, 0) is 6.92 Å². The fraction of sp³-hybridized carbons (Fsp3) is 0.400. The van der Waals surface area contributed by atoms with Crippen LogP contribution in [0.25, 0.3) is 0 Å². The molecule has 0 fully saturated rings. The van der Waals surface area contributed by atoms with Gasteiger partial charge in [-0.15, -0.1) is 5.10 Å². The van der Waals surface area contributed by atoms with Crippen LogP contribution in [-0.4, -0.2) is 27.9 Å². The molecule has 0 saturated carbocycles. The van der Waals surface area contributed by atoms with Crippen molar-refractivity contribution in [3.8, 4) is 5.88 Å². The van der Waals surface area contributed by atoms with E-state index in [4.69, 9.17) is 21.1 Å². The summed E-state index contributed by atoms with van der Waals surface area (Å²) in [6.07, 6.45) is -1.11. The van der Waals surface area contributed by atoms with Crippen LogP contribution in [0.1, 0.15) is 13.2 Å². The van der Waals surface area contributed by atoms with Crippen molar-refractivity contribution < 1.29 is 22.3 Å². The average Bonchev–Trinajstić information content (AvgIpc) is 2.30. The van der Waals surface area contributed by atoms with Crippen LogP contribution in [0.15, 0.2) is 0 Å². The highest BCUT2D eigenvalue weighted by atomic mass is 32.3. The Bertz CT molecular complexity index is 464. The Morgan fingerprint density at radius 1 is 1.53 bits per heavy atom. The molecule has 0 spiro atoms. The van der Waals surface area contributed by atoms with Gasteiger partial charge >= 0.3 is 10.4 Å². The molecular formula is C5H10N4O5S. The Labute approximate surface area is 85.2 Å². The van der Waals surface area contributed by atoms with Gasteiger partial charge in [-0.25, -0.2) is 4.68 Å². The second-order valence-electron chi connectivity index (χ2n) is 2.69. The number of aromatic nitrogens is 2. The Morgan fingerprint density at radius 3 is 2.40 bits per heavy atom. The lowest BCUT2D eigenvalue weighted by atomic mass is 10.5. The Morgan fingerprint density at radius 2 is 2.07 bits per heavy atom. The number of nitrogens with zero attached hydrogens (tertiary/aromatic N) is 2. The number of rotatable bonds is 3. The maximum atomic E-state index is 10.4. The minimum Gasteiger partial charge on any atom is -0.391 e. The molecule has 1 aromatic heterocycles. The second kappa shape index (κ2) is 3.56. The van der Waals surface area contributed by atoms with Gasteiger partial charge in [0.05, 0.1) is 0 Å². The first kappa shape index (κ1) is 11.6. The van der Waals surface area contributed by atoms with E-state index >= 15 is 0 Å². The molecule has 0 amide bonds. The van der Waals surface area contributed by atoms with Crippen molar-refractivity contribution in [1.29, 1.82) is 0 Å². The maximum Gasteiger partial charge on any atom is 0.448 e. The fourth-order valence-corrected chi connectivity index (χ4v) is 1.21. The summed E-state index contributed by atoms with van der Waals surface area (Å²) in [5.41, 5.74) is 10.4. The highest BCUT2D eigenvalue weighted by molar-refractivity contribution is 7.81. The number of anilines is 2.